The number of nitrogens with zero attached hydrogens (tertiary/aromatic N) is 4. The van der Waals surface area contributed by atoms with E-state index in [0.717, 1.165) is 43.5 Å². The molecule has 0 fully saturated rings. The van der Waals surface area contributed by atoms with Crippen LogP contribution in [0.2, 0.25) is 0 Å². The van der Waals surface area contributed by atoms with E-state index < -0.39 is 5.60 Å². The van der Waals surface area contributed by atoms with Gasteiger partial charge >= 0.3 is 0 Å². The molecule has 3 N–H and O–H groups in total. The van der Waals surface area contributed by atoms with Crippen LogP contribution in [0.1, 0.15) is 37.8 Å². The smallest absolute Gasteiger partial charge is 0.269 e. The lowest BCUT2D eigenvalue weighted by molar-refractivity contribution is -0.384. The van der Waals surface area contributed by atoms with Gasteiger partial charge in [-0.05, 0) is 38.7 Å². The van der Waals surface area contributed by atoms with Gasteiger partial charge in [-0.1, -0.05) is 12.1 Å². The number of halogens is 1. The van der Waals surface area contributed by atoms with Gasteiger partial charge < -0.3 is 15.7 Å². The van der Waals surface area contributed by atoms with Crippen LogP contribution < -0.4 is 10.6 Å². The van der Waals surface area contributed by atoms with Crippen LogP contribution in [0.3, 0.4) is 0 Å². The zero-order valence-electron chi connectivity index (χ0n) is 17.7. The Hall–Kier alpha value is -2.21. The number of rotatable bonds is 10. The Balaban J connectivity index is 0.00000450. The second-order valence-electron chi connectivity index (χ2n) is 7.18. The molecule has 2 aromatic rings. The summed E-state index contributed by atoms with van der Waals surface area (Å²) < 4.78 is 1.65. The molecule has 1 atom stereocenters. The van der Waals surface area contributed by atoms with Crippen molar-refractivity contribution in [2.24, 2.45) is 12.0 Å². The molecule has 1 aromatic heterocycles. The molecule has 1 aromatic carbocycles. The van der Waals surface area contributed by atoms with Crippen molar-refractivity contribution in [3.8, 4) is 0 Å². The number of aryl methyl sites for hydroxylation is 2. The van der Waals surface area contributed by atoms with Crippen LogP contribution in [0.15, 0.2) is 41.7 Å². The minimum Gasteiger partial charge on any atom is -0.383 e. The molecule has 0 aliphatic carbocycles. The average molecular weight is 530 g/mol. The summed E-state index contributed by atoms with van der Waals surface area (Å²) in [6.07, 6.45) is 6.18. The lowest BCUT2D eigenvalue weighted by atomic mass is 10.0. The predicted molar refractivity (Wildman–Crippen MR) is 128 cm³/mol. The Morgan fingerprint density at radius 2 is 2.00 bits per heavy atom. The topological polar surface area (TPSA) is 118 Å². The summed E-state index contributed by atoms with van der Waals surface area (Å²) in [6.45, 7) is 5.40. The molecule has 9 nitrogen and oxygen atoms in total. The van der Waals surface area contributed by atoms with E-state index in [9.17, 15) is 15.2 Å². The number of nitro groups is 1. The molecule has 1 heterocycles. The molecule has 0 aliphatic rings. The summed E-state index contributed by atoms with van der Waals surface area (Å²) in [7, 11) is 1.81. The van der Waals surface area contributed by atoms with Gasteiger partial charge in [0.15, 0.2) is 5.96 Å². The summed E-state index contributed by atoms with van der Waals surface area (Å²) in [5.74, 6) is 0.659. The minimum absolute atomic E-state index is 0. The van der Waals surface area contributed by atoms with Crippen molar-refractivity contribution in [3.63, 3.8) is 0 Å². The third kappa shape index (κ3) is 8.27. The predicted octanol–water partition coefficient (Wildman–Crippen LogP) is 2.73. The van der Waals surface area contributed by atoms with Gasteiger partial charge in [-0.2, -0.15) is 5.10 Å². The Kier molecular flexibility index (Phi) is 10.7. The SMILES string of the molecule is CCNC(=NCC(C)(O)c1cnn(C)c1)NCCCCc1ccc([N+](=O)[O-])cc1.I. The van der Waals surface area contributed by atoms with Gasteiger partial charge in [0.25, 0.3) is 5.69 Å². The average Bonchev–Trinajstić information content (AvgIpc) is 3.13. The van der Waals surface area contributed by atoms with Gasteiger partial charge in [0.2, 0.25) is 0 Å². The van der Waals surface area contributed by atoms with E-state index in [1.54, 1.807) is 36.1 Å². The first kappa shape index (κ1) is 25.8. The molecular weight excluding hydrogens is 499 g/mol. The Labute approximate surface area is 194 Å². The zero-order chi connectivity index (χ0) is 21.3. The number of guanidine groups is 1. The Bertz CT molecular complexity index is 820. The number of non-ortho nitro benzene ring substituents is 1. The van der Waals surface area contributed by atoms with Crippen molar-refractivity contribution >= 4 is 35.6 Å². The van der Waals surface area contributed by atoms with E-state index in [-0.39, 0.29) is 41.1 Å². The molecule has 0 saturated heterocycles. The summed E-state index contributed by atoms with van der Waals surface area (Å²) in [6, 6.07) is 6.69. The van der Waals surface area contributed by atoms with Crippen LogP contribution in [-0.2, 0) is 19.1 Å². The third-order valence-corrected chi connectivity index (χ3v) is 4.55. The van der Waals surface area contributed by atoms with Crippen molar-refractivity contribution in [3.05, 3.63) is 57.9 Å². The fourth-order valence-electron chi connectivity index (χ4n) is 2.81. The second-order valence-corrected chi connectivity index (χ2v) is 7.18. The standard InChI is InChI=1S/C20H30N6O3.HI/c1-4-21-19(23-15-20(2,27)17-13-24-25(3)14-17)22-12-6-5-7-16-8-10-18(11-9-16)26(28)29;/h8-11,13-14,27H,4-7,12,15H2,1-3H3,(H2,21,22,23);1H. The van der Waals surface area contributed by atoms with Crippen LogP contribution in [0.4, 0.5) is 5.69 Å². The Morgan fingerprint density at radius 3 is 2.57 bits per heavy atom. The van der Waals surface area contributed by atoms with E-state index in [1.807, 2.05) is 14.0 Å². The number of nitro benzene ring substituents is 1. The number of benzene rings is 1. The van der Waals surface area contributed by atoms with Crippen LogP contribution in [0.25, 0.3) is 0 Å². The van der Waals surface area contributed by atoms with Crippen molar-refractivity contribution in [2.75, 3.05) is 19.6 Å². The van der Waals surface area contributed by atoms with Gasteiger partial charge in [-0.25, -0.2) is 4.99 Å². The van der Waals surface area contributed by atoms with E-state index in [1.165, 1.54) is 12.1 Å². The minimum atomic E-state index is -1.09. The molecule has 0 spiro atoms. The molecular formula is C20H31IN6O3. The lowest BCUT2D eigenvalue weighted by Crippen LogP contribution is -2.39. The maximum Gasteiger partial charge on any atom is 0.269 e. The third-order valence-electron chi connectivity index (χ3n) is 4.55. The normalized spacial score (nSPS) is 13.3. The van der Waals surface area contributed by atoms with E-state index in [4.69, 9.17) is 0 Å². The summed E-state index contributed by atoms with van der Waals surface area (Å²) in [5.41, 5.74) is 0.836. The molecule has 0 bridgehead atoms. The highest BCUT2D eigenvalue weighted by molar-refractivity contribution is 14.0. The van der Waals surface area contributed by atoms with Crippen LogP contribution in [-0.4, -0.2) is 45.4 Å². The van der Waals surface area contributed by atoms with Crippen LogP contribution in [0.5, 0.6) is 0 Å². The molecule has 0 radical (unpaired) electrons. The number of aromatic nitrogens is 2. The van der Waals surface area contributed by atoms with Crippen molar-refractivity contribution in [2.45, 2.75) is 38.7 Å². The molecule has 1 unspecified atom stereocenters. The second kappa shape index (κ2) is 12.5. The first-order valence-electron chi connectivity index (χ1n) is 9.79. The fraction of sp³-hybridized carbons (Fsp3) is 0.500. The number of hydrogen-bond donors (Lipinski definition) is 3. The van der Waals surface area contributed by atoms with Crippen LogP contribution >= 0.6 is 24.0 Å². The first-order valence-corrected chi connectivity index (χ1v) is 9.79. The van der Waals surface area contributed by atoms with Crippen molar-refractivity contribution in [1.82, 2.24) is 20.4 Å². The first-order chi connectivity index (χ1) is 13.8. The largest absolute Gasteiger partial charge is 0.383 e. The quantitative estimate of drug-likeness (QED) is 0.109. The number of aliphatic hydroxyl groups is 1. The lowest BCUT2D eigenvalue weighted by Gasteiger charge is -2.20. The molecule has 0 amide bonds. The van der Waals surface area contributed by atoms with Gasteiger partial charge in [-0.3, -0.25) is 14.8 Å². The number of aliphatic imine (C=N–C) groups is 1. The summed E-state index contributed by atoms with van der Waals surface area (Å²) in [5, 5.41) is 31.9. The summed E-state index contributed by atoms with van der Waals surface area (Å²) >= 11 is 0. The maximum atomic E-state index is 10.7. The molecule has 0 saturated carbocycles. The highest BCUT2D eigenvalue weighted by Gasteiger charge is 2.24. The van der Waals surface area contributed by atoms with Crippen LogP contribution in [0, 0.1) is 10.1 Å². The molecule has 2 rings (SSSR count). The molecule has 10 heteroatoms. The highest BCUT2D eigenvalue weighted by Crippen LogP contribution is 2.19. The van der Waals surface area contributed by atoms with E-state index in [0.29, 0.717) is 5.96 Å². The van der Waals surface area contributed by atoms with Gasteiger partial charge in [0.1, 0.15) is 5.60 Å². The molecule has 0 aliphatic heterocycles. The zero-order valence-corrected chi connectivity index (χ0v) is 20.0. The number of nitrogens with one attached hydrogen (secondary N) is 2. The molecule has 30 heavy (non-hydrogen) atoms. The number of unbranched alkanes of at least 4 members (excludes halogenated alkanes) is 1. The Morgan fingerprint density at radius 1 is 1.30 bits per heavy atom. The monoisotopic (exact) mass is 530 g/mol. The van der Waals surface area contributed by atoms with Gasteiger partial charge in [0.05, 0.1) is 17.7 Å². The van der Waals surface area contributed by atoms with Gasteiger partial charge in [0, 0.05) is 44.0 Å². The molecule has 166 valence electrons. The van der Waals surface area contributed by atoms with Gasteiger partial charge in [-0.15, -0.1) is 24.0 Å². The summed E-state index contributed by atoms with van der Waals surface area (Å²) in [4.78, 5) is 14.8. The van der Waals surface area contributed by atoms with Crippen molar-refractivity contribution in [1.29, 1.82) is 0 Å². The highest BCUT2D eigenvalue weighted by atomic mass is 127. The maximum absolute atomic E-state index is 10.7. The number of hydrogen-bond acceptors (Lipinski definition) is 5. The van der Waals surface area contributed by atoms with Crippen molar-refractivity contribution < 1.29 is 10.0 Å². The fourth-order valence-corrected chi connectivity index (χ4v) is 2.81. The van der Waals surface area contributed by atoms with E-state index >= 15 is 0 Å². The van der Waals surface area contributed by atoms with E-state index in [2.05, 4.69) is 20.7 Å².